The second-order valence-corrected chi connectivity index (χ2v) is 9.00. The molecule has 3 aromatic rings. The molecule has 0 saturated heterocycles. The number of hydrogen-bond donors (Lipinski definition) is 1. The van der Waals surface area contributed by atoms with Crippen molar-refractivity contribution in [2.75, 3.05) is 11.9 Å². The highest BCUT2D eigenvalue weighted by Crippen LogP contribution is 2.38. The van der Waals surface area contributed by atoms with Crippen LogP contribution in [0, 0.1) is 11.3 Å². The molecular weight excluding hydrogens is 563 g/mol. The molecule has 5 nitrogen and oxygen atoms in total. The normalized spacial score (nSPS) is 11.0. The molecule has 1 N–H and O–H groups in total. The Morgan fingerprint density at radius 2 is 1.85 bits per heavy atom. The standard InChI is InChI=1S/C25H18BrCl3N2O3/c1-2-33-23-11-15(10-19(26)24(23)34-14-16-5-3-4-6-20(16)28)9-17(13-30)25(32)31-22-12-18(27)7-8-21(22)29/h3-12H,2,14H2,1H3,(H,31,32)/b17-9+. The van der Waals surface area contributed by atoms with Crippen molar-refractivity contribution < 1.29 is 14.3 Å². The minimum absolute atomic E-state index is 0.130. The van der Waals surface area contributed by atoms with Gasteiger partial charge in [-0.2, -0.15) is 5.26 Å². The van der Waals surface area contributed by atoms with Crippen molar-refractivity contribution in [2.45, 2.75) is 13.5 Å². The molecule has 3 rings (SSSR count). The fourth-order valence-corrected chi connectivity index (χ4v) is 4.04. The zero-order valence-electron chi connectivity index (χ0n) is 17.9. The van der Waals surface area contributed by atoms with Crippen molar-refractivity contribution in [1.82, 2.24) is 0 Å². The van der Waals surface area contributed by atoms with Gasteiger partial charge in [0.15, 0.2) is 11.5 Å². The van der Waals surface area contributed by atoms with Crippen molar-refractivity contribution in [3.63, 3.8) is 0 Å². The van der Waals surface area contributed by atoms with Crippen LogP contribution in [-0.2, 0) is 11.4 Å². The van der Waals surface area contributed by atoms with Crippen molar-refractivity contribution in [3.8, 4) is 17.6 Å². The first kappa shape index (κ1) is 25.9. The predicted molar refractivity (Wildman–Crippen MR) is 140 cm³/mol. The summed E-state index contributed by atoms with van der Waals surface area (Å²) in [4.78, 5) is 12.7. The molecule has 3 aromatic carbocycles. The SMILES string of the molecule is CCOc1cc(/C=C(\C#N)C(=O)Nc2cc(Cl)ccc2Cl)cc(Br)c1OCc1ccccc1Cl. The van der Waals surface area contributed by atoms with Crippen molar-refractivity contribution >= 4 is 68.4 Å². The van der Waals surface area contributed by atoms with Crippen molar-refractivity contribution in [1.29, 1.82) is 5.26 Å². The van der Waals surface area contributed by atoms with E-state index in [0.717, 1.165) is 5.56 Å². The van der Waals surface area contributed by atoms with E-state index in [0.29, 0.717) is 48.9 Å². The van der Waals surface area contributed by atoms with Gasteiger partial charge >= 0.3 is 0 Å². The number of benzene rings is 3. The zero-order valence-corrected chi connectivity index (χ0v) is 21.7. The first-order valence-electron chi connectivity index (χ1n) is 10.0. The predicted octanol–water partition coefficient (Wildman–Crippen LogP) is 7.93. The number of ether oxygens (including phenoxy) is 2. The maximum Gasteiger partial charge on any atom is 0.266 e. The monoisotopic (exact) mass is 578 g/mol. The Hall–Kier alpha value is -2.69. The van der Waals surface area contributed by atoms with Crippen LogP contribution >= 0.6 is 50.7 Å². The van der Waals surface area contributed by atoms with E-state index in [1.165, 1.54) is 12.1 Å². The van der Waals surface area contributed by atoms with E-state index in [9.17, 15) is 10.1 Å². The Morgan fingerprint density at radius 1 is 1.09 bits per heavy atom. The van der Waals surface area contributed by atoms with E-state index in [2.05, 4.69) is 21.2 Å². The van der Waals surface area contributed by atoms with Gasteiger partial charge in [0.05, 0.1) is 21.8 Å². The number of halogens is 4. The molecule has 0 spiro atoms. The van der Waals surface area contributed by atoms with Gasteiger partial charge in [-0.05, 0) is 70.9 Å². The summed E-state index contributed by atoms with van der Waals surface area (Å²) in [5.74, 6) is 0.304. The van der Waals surface area contributed by atoms with Crippen LogP contribution in [0.1, 0.15) is 18.1 Å². The summed E-state index contributed by atoms with van der Waals surface area (Å²) in [6, 6.07) is 17.4. The third kappa shape index (κ3) is 6.68. The van der Waals surface area contributed by atoms with Gasteiger partial charge in [-0.15, -0.1) is 0 Å². The molecule has 0 saturated carbocycles. The number of nitrogens with zero attached hydrogens (tertiary/aromatic N) is 1. The average Bonchev–Trinajstić information content (AvgIpc) is 2.80. The molecule has 0 atom stereocenters. The fraction of sp³-hybridized carbons (Fsp3) is 0.120. The molecule has 174 valence electrons. The van der Waals surface area contributed by atoms with Crippen LogP contribution in [0.2, 0.25) is 15.1 Å². The molecule has 1 amide bonds. The Balaban J connectivity index is 1.87. The van der Waals surface area contributed by atoms with Gasteiger partial charge in [-0.25, -0.2) is 0 Å². The smallest absolute Gasteiger partial charge is 0.266 e. The highest BCUT2D eigenvalue weighted by Gasteiger charge is 2.16. The lowest BCUT2D eigenvalue weighted by atomic mass is 10.1. The van der Waals surface area contributed by atoms with Crippen LogP contribution in [-0.4, -0.2) is 12.5 Å². The summed E-state index contributed by atoms with van der Waals surface area (Å²) in [5, 5.41) is 13.5. The van der Waals surface area contributed by atoms with Crippen LogP contribution < -0.4 is 14.8 Å². The van der Waals surface area contributed by atoms with Gasteiger partial charge in [-0.1, -0.05) is 53.0 Å². The molecule has 9 heteroatoms. The Morgan fingerprint density at radius 3 is 2.56 bits per heavy atom. The van der Waals surface area contributed by atoms with Crippen molar-refractivity contribution in [3.05, 3.63) is 90.8 Å². The molecule has 0 unspecified atom stereocenters. The summed E-state index contributed by atoms with van der Waals surface area (Å²) >= 11 is 21.8. The summed E-state index contributed by atoms with van der Waals surface area (Å²) in [5.41, 5.74) is 1.56. The molecule has 0 heterocycles. The van der Waals surface area contributed by atoms with Crippen LogP contribution in [0.3, 0.4) is 0 Å². The maximum absolute atomic E-state index is 12.7. The van der Waals surface area contributed by atoms with E-state index >= 15 is 0 Å². The molecule has 0 radical (unpaired) electrons. The largest absolute Gasteiger partial charge is 0.490 e. The molecular formula is C25H18BrCl3N2O3. The summed E-state index contributed by atoms with van der Waals surface area (Å²) in [7, 11) is 0. The van der Waals surface area contributed by atoms with Gasteiger partial charge in [0.1, 0.15) is 18.2 Å². The zero-order chi connectivity index (χ0) is 24.7. The van der Waals surface area contributed by atoms with Gasteiger partial charge in [-0.3, -0.25) is 4.79 Å². The van der Waals surface area contributed by atoms with Crippen molar-refractivity contribution in [2.24, 2.45) is 0 Å². The molecule has 0 aromatic heterocycles. The Labute approximate surface area is 221 Å². The molecule has 0 bridgehead atoms. The lowest BCUT2D eigenvalue weighted by molar-refractivity contribution is -0.112. The molecule has 0 aliphatic heterocycles. The minimum atomic E-state index is -0.625. The quantitative estimate of drug-likeness (QED) is 0.217. The third-order valence-electron chi connectivity index (χ3n) is 4.51. The number of carbonyl (C=O) groups is 1. The third-order valence-corrected chi connectivity index (χ3v) is 6.04. The highest BCUT2D eigenvalue weighted by molar-refractivity contribution is 9.10. The lowest BCUT2D eigenvalue weighted by Crippen LogP contribution is -2.13. The fourth-order valence-electron chi connectivity index (χ4n) is 2.94. The number of anilines is 1. The van der Waals surface area contributed by atoms with Gasteiger partial charge in [0.25, 0.3) is 5.91 Å². The van der Waals surface area contributed by atoms with Crippen LogP contribution in [0.4, 0.5) is 5.69 Å². The second kappa shape index (κ2) is 12.1. The average molecular weight is 581 g/mol. The second-order valence-electron chi connectivity index (χ2n) is 6.89. The highest BCUT2D eigenvalue weighted by atomic mass is 79.9. The maximum atomic E-state index is 12.7. The van der Waals surface area contributed by atoms with E-state index in [4.69, 9.17) is 44.3 Å². The lowest BCUT2D eigenvalue weighted by Gasteiger charge is -2.15. The van der Waals surface area contributed by atoms with Crippen LogP contribution in [0.25, 0.3) is 6.08 Å². The number of amides is 1. The first-order chi connectivity index (χ1) is 16.3. The number of nitrogens with one attached hydrogen (secondary N) is 1. The van der Waals surface area contributed by atoms with E-state index < -0.39 is 5.91 Å². The molecule has 0 fully saturated rings. The van der Waals surface area contributed by atoms with E-state index in [-0.39, 0.29) is 12.2 Å². The van der Waals surface area contributed by atoms with Gasteiger partial charge in [0.2, 0.25) is 0 Å². The van der Waals surface area contributed by atoms with Crippen LogP contribution in [0.15, 0.2) is 64.6 Å². The summed E-state index contributed by atoms with van der Waals surface area (Å²) in [6.07, 6.45) is 1.44. The number of hydrogen-bond acceptors (Lipinski definition) is 4. The van der Waals surface area contributed by atoms with Crippen LogP contribution in [0.5, 0.6) is 11.5 Å². The Kier molecular flexibility index (Phi) is 9.26. The topological polar surface area (TPSA) is 71.3 Å². The molecule has 34 heavy (non-hydrogen) atoms. The molecule has 0 aliphatic carbocycles. The number of rotatable bonds is 8. The Bertz CT molecular complexity index is 1290. The number of carbonyl (C=O) groups excluding carboxylic acids is 1. The summed E-state index contributed by atoms with van der Waals surface area (Å²) in [6.45, 7) is 2.47. The van der Waals surface area contributed by atoms with Gasteiger partial charge < -0.3 is 14.8 Å². The van der Waals surface area contributed by atoms with E-state index in [1.807, 2.05) is 31.2 Å². The first-order valence-corrected chi connectivity index (χ1v) is 12.0. The molecule has 0 aliphatic rings. The van der Waals surface area contributed by atoms with E-state index in [1.54, 1.807) is 30.3 Å². The number of nitriles is 1. The van der Waals surface area contributed by atoms with Gasteiger partial charge in [0, 0.05) is 15.6 Å². The summed E-state index contributed by atoms with van der Waals surface area (Å²) < 4.78 is 12.3. The minimum Gasteiger partial charge on any atom is -0.490 e.